The Hall–Kier alpha value is -0.800. The number of nitrogens with two attached hydrogens (primary N) is 1. The zero-order chi connectivity index (χ0) is 11.4. The van der Waals surface area contributed by atoms with Crippen LogP contribution >= 0.6 is 15.9 Å². The number of nitrogen functional groups attached to an aromatic ring is 1. The smallest absolute Gasteiger partial charge is 0.0318 e. The molecule has 0 fully saturated rings. The van der Waals surface area contributed by atoms with Gasteiger partial charge in [-0.2, -0.15) is 0 Å². The van der Waals surface area contributed by atoms with Crippen LogP contribution in [0.1, 0.15) is 12.5 Å². The van der Waals surface area contributed by atoms with Crippen molar-refractivity contribution in [3.05, 3.63) is 40.4 Å². The zero-order valence-electron chi connectivity index (χ0n) is 9.26. The van der Waals surface area contributed by atoms with E-state index in [1.807, 2.05) is 25.1 Å². The predicted octanol–water partition coefficient (Wildman–Crippen LogP) is 3.04. The van der Waals surface area contributed by atoms with Crippen LogP contribution in [0.3, 0.4) is 0 Å². The van der Waals surface area contributed by atoms with Gasteiger partial charge < -0.3 is 5.73 Å². The summed E-state index contributed by atoms with van der Waals surface area (Å²) in [6.07, 6.45) is 0. The third-order valence-electron chi connectivity index (χ3n) is 2.05. The first-order chi connectivity index (χ1) is 6.99. The number of hydrogen-bond donors (Lipinski definition) is 1. The van der Waals surface area contributed by atoms with Crippen molar-refractivity contribution in [3.8, 4) is 0 Å². The second kappa shape index (κ2) is 5.33. The second-order valence-electron chi connectivity index (χ2n) is 3.98. The second-order valence-corrected chi connectivity index (χ2v) is 4.83. The molecule has 0 aliphatic heterocycles. The highest BCUT2D eigenvalue weighted by molar-refractivity contribution is 9.10. The maximum absolute atomic E-state index is 5.75. The Labute approximate surface area is 99.9 Å². The quantitative estimate of drug-likeness (QED) is 0.672. The maximum atomic E-state index is 5.75. The summed E-state index contributed by atoms with van der Waals surface area (Å²) < 4.78 is 1.10. The summed E-state index contributed by atoms with van der Waals surface area (Å²) in [6, 6.07) is 5.88. The highest BCUT2D eigenvalue weighted by Gasteiger charge is 2.04. The van der Waals surface area contributed by atoms with Gasteiger partial charge in [-0.3, -0.25) is 4.90 Å². The Morgan fingerprint density at radius 3 is 2.80 bits per heavy atom. The minimum Gasteiger partial charge on any atom is -0.399 e. The van der Waals surface area contributed by atoms with Gasteiger partial charge in [-0.05, 0) is 37.7 Å². The van der Waals surface area contributed by atoms with Gasteiger partial charge in [-0.1, -0.05) is 28.1 Å². The number of nitrogens with zero attached hydrogens (tertiary/aromatic N) is 1. The van der Waals surface area contributed by atoms with E-state index in [4.69, 9.17) is 5.73 Å². The molecule has 0 bridgehead atoms. The van der Waals surface area contributed by atoms with Gasteiger partial charge >= 0.3 is 0 Å². The molecule has 1 aromatic carbocycles. The van der Waals surface area contributed by atoms with E-state index in [9.17, 15) is 0 Å². The first kappa shape index (κ1) is 12.3. The average molecular weight is 269 g/mol. The molecule has 0 amide bonds. The molecule has 0 aliphatic carbocycles. The average Bonchev–Trinajstić information content (AvgIpc) is 2.10. The standard InChI is InChI=1S/C12H17BrN2/c1-9(2)7-15(3)8-10-6-11(14)4-5-12(10)13/h4-6H,1,7-8,14H2,2-3H3. The number of hydrogen-bond acceptors (Lipinski definition) is 2. The van der Waals surface area contributed by atoms with Crippen LogP contribution in [0.4, 0.5) is 5.69 Å². The monoisotopic (exact) mass is 268 g/mol. The molecule has 2 N–H and O–H groups in total. The fourth-order valence-electron chi connectivity index (χ4n) is 1.52. The van der Waals surface area contributed by atoms with Gasteiger partial charge in [0.2, 0.25) is 0 Å². The minimum atomic E-state index is 0.803. The van der Waals surface area contributed by atoms with E-state index in [-0.39, 0.29) is 0 Å². The Balaban J connectivity index is 2.71. The van der Waals surface area contributed by atoms with Crippen molar-refractivity contribution in [2.45, 2.75) is 13.5 Å². The van der Waals surface area contributed by atoms with Crippen LogP contribution in [0.25, 0.3) is 0 Å². The largest absolute Gasteiger partial charge is 0.399 e. The van der Waals surface area contributed by atoms with Gasteiger partial charge in [-0.25, -0.2) is 0 Å². The lowest BCUT2D eigenvalue weighted by atomic mass is 10.2. The summed E-state index contributed by atoms with van der Waals surface area (Å²) in [4.78, 5) is 2.21. The van der Waals surface area contributed by atoms with Gasteiger partial charge in [0, 0.05) is 23.2 Å². The molecule has 0 aliphatic rings. The van der Waals surface area contributed by atoms with Crippen molar-refractivity contribution in [2.75, 3.05) is 19.3 Å². The van der Waals surface area contributed by atoms with Crippen molar-refractivity contribution in [3.63, 3.8) is 0 Å². The Kier molecular flexibility index (Phi) is 4.36. The van der Waals surface area contributed by atoms with Crippen LogP contribution < -0.4 is 5.73 Å². The van der Waals surface area contributed by atoms with Crippen LogP contribution in [-0.4, -0.2) is 18.5 Å². The van der Waals surface area contributed by atoms with Crippen LogP contribution in [0.2, 0.25) is 0 Å². The summed E-state index contributed by atoms with van der Waals surface area (Å²) >= 11 is 3.52. The first-order valence-corrected chi connectivity index (χ1v) is 5.65. The SMILES string of the molecule is C=C(C)CN(C)Cc1cc(N)ccc1Br. The highest BCUT2D eigenvalue weighted by Crippen LogP contribution is 2.20. The zero-order valence-corrected chi connectivity index (χ0v) is 10.8. The van der Waals surface area contributed by atoms with E-state index in [0.29, 0.717) is 0 Å². The molecule has 0 spiro atoms. The fraction of sp³-hybridized carbons (Fsp3) is 0.333. The maximum Gasteiger partial charge on any atom is 0.0318 e. The van der Waals surface area contributed by atoms with E-state index in [0.717, 1.165) is 28.8 Å². The highest BCUT2D eigenvalue weighted by atomic mass is 79.9. The van der Waals surface area contributed by atoms with Crippen molar-refractivity contribution in [1.29, 1.82) is 0 Å². The molecule has 0 saturated carbocycles. The molecule has 0 radical (unpaired) electrons. The lowest BCUT2D eigenvalue weighted by molar-refractivity contribution is 0.355. The molecule has 0 saturated heterocycles. The first-order valence-electron chi connectivity index (χ1n) is 4.86. The molecule has 0 atom stereocenters. The number of anilines is 1. The molecule has 0 unspecified atom stereocenters. The lowest BCUT2D eigenvalue weighted by Crippen LogP contribution is -2.19. The summed E-state index contributed by atoms with van der Waals surface area (Å²) in [5.41, 5.74) is 8.92. The normalized spacial score (nSPS) is 10.7. The van der Waals surface area contributed by atoms with Crippen molar-refractivity contribution in [2.24, 2.45) is 0 Å². The van der Waals surface area contributed by atoms with Gasteiger partial charge in [0.25, 0.3) is 0 Å². The van der Waals surface area contributed by atoms with E-state index < -0.39 is 0 Å². The molecule has 1 rings (SSSR count). The number of halogens is 1. The van der Waals surface area contributed by atoms with E-state index in [2.05, 4.69) is 34.5 Å². The predicted molar refractivity (Wildman–Crippen MR) is 69.7 cm³/mol. The Morgan fingerprint density at radius 2 is 2.20 bits per heavy atom. The number of likely N-dealkylation sites (N-methyl/N-ethyl adjacent to an activating group) is 1. The van der Waals surface area contributed by atoms with Gasteiger partial charge in [-0.15, -0.1) is 0 Å². The molecule has 2 nitrogen and oxygen atoms in total. The van der Waals surface area contributed by atoms with E-state index in [1.165, 1.54) is 5.56 Å². The summed E-state index contributed by atoms with van der Waals surface area (Å²) in [5.74, 6) is 0. The summed E-state index contributed by atoms with van der Waals surface area (Å²) in [7, 11) is 2.07. The van der Waals surface area contributed by atoms with Crippen LogP contribution in [0, 0.1) is 0 Å². The molecule has 3 heteroatoms. The Bertz CT molecular complexity index is 361. The minimum absolute atomic E-state index is 0.803. The van der Waals surface area contributed by atoms with Gasteiger partial charge in [0.1, 0.15) is 0 Å². The number of benzene rings is 1. The van der Waals surface area contributed by atoms with Crippen molar-refractivity contribution >= 4 is 21.6 Å². The van der Waals surface area contributed by atoms with Gasteiger partial charge in [0.05, 0.1) is 0 Å². The molecule has 0 aromatic heterocycles. The van der Waals surface area contributed by atoms with Crippen LogP contribution in [-0.2, 0) is 6.54 Å². The Morgan fingerprint density at radius 1 is 1.53 bits per heavy atom. The number of rotatable bonds is 4. The fourth-order valence-corrected chi connectivity index (χ4v) is 1.90. The topological polar surface area (TPSA) is 29.3 Å². The van der Waals surface area contributed by atoms with E-state index >= 15 is 0 Å². The molecular weight excluding hydrogens is 252 g/mol. The molecule has 15 heavy (non-hydrogen) atoms. The molecule has 82 valence electrons. The third kappa shape index (κ3) is 4.06. The molecular formula is C12H17BrN2. The summed E-state index contributed by atoms with van der Waals surface area (Å²) in [6.45, 7) is 7.71. The van der Waals surface area contributed by atoms with Crippen LogP contribution in [0.15, 0.2) is 34.8 Å². The van der Waals surface area contributed by atoms with Gasteiger partial charge in [0.15, 0.2) is 0 Å². The lowest BCUT2D eigenvalue weighted by Gasteiger charge is -2.17. The van der Waals surface area contributed by atoms with E-state index in [1.54, 1.807) is 0 Å². The molecule has 0 heterocycles. The van der Waals surface area contributed by atoms with Crippen molar-refractivity contribution < 1.29 is 0 Å². The van der Waals surface area contributed by atoms with Crippen molar-refractivity contribution in [1.82, 2.24) is 4.90 Å². The summed E-state index contributed by atoms with van der Waals surface area (Å²) in [5, 5.41) is 0. The molecule has 1 aromatic rings. The third-order valence-corrected chi connectivity index (χ3v) is 2.82. The van der Waals surface area contributed by atoms with Crippen LogP contribution in [0.5, 0.6) is 0 Å².